The second-order valence-corrected chi connectivity index (χ2v) is 5.10. The highest BCUT2D eigenvalue weighted by Gasteiger charge is 2.23. The topological polar surface area (TPSA) is 57.8 Å². The molecule has 1 aliphatic rings. The van der Waals surface area contributed by atoms with Crippen LogP contribution in [0.1, 0.15) is 41.5 Å². The van der Waals surface area contributed by atoms with Gasteiger partial charge in [-0.1, -0.05) is 12.5 Å². The summed E-state index contributed by atoms with van der Waals surface area (Å²) in [5.41, 5.74) is 1.93. The number of hydrogen-bond donors (Lipinski definition) is 1. The van der Waals surface area contributed by atoms with Crippen molar-refractivity contribution in [3.63, 3.8) is 0 Å². The van der Waals surface area contributed by atoms with E-state index < -0.39 is 5.97 Å². The number of aromatic nitrogens is 2. The van der Waals surface area contributed by atoms with Crippen LogP contribution in [0, 0.1) is 0 Å². The molecule has 3 heterocycles. The van der Waals surface area contributed by atoms with Crippen LogP contribution in [0.5, 0.6) is 0 Å². The van der Waals surface area contributed by atoms with Crippen molar-refractivity contribution in [1.29, 1.82) is 0 Å². The minimum Gasteiger partial charge on any atom is -0.477 e. The molecule has 19 heavy (non-hydrogen) atoms. The van der Waals surface area contributed by atoms with Crippen molar-refractivity contribution in [3.8, 4) is 0 Å². The molecule has 3 rings (SSSR count). The van der Waals surface area contributed by atoms with Crippen LogP contribution in [0.15, 0.2) is 24.4 Å². The fourth-order valence-corrected chi connectivity index (χ4v) is 2.81. The number of carboxylic acid groups (broad SMARTS) is 1. The zero-order valence-electron chi connectivity index (χ0n) is 10.9. The summed E-state index contributed by atoms with van der Waals surface area (Å²) in [6, 6.07) is 5.49. The van der Waals surface area contributed by atoms with Gasteiger partial charge in [-0.2, -0.15) is 0 Å². The Morgan fingerprint density at radius 1 is 1.42 bits per heavy atom. The number of carboxylic acids is 1. The first-order valence-electron chi connectivity index (χ1n) is 6.58. The lowest BCUT2D eigenvalue weighted by molar-refractivity contribution is 0.0689. The number of rotatable bonds is 2. The van der Waals surface area contributed by atoms with Crippen LogP contribution < -0.4 is 0 Å². The first-order valence-corrected chi connectivity index (χ1v) is 6.58. The van der Waals surface area contributed by atoms with Gasteiger partial charge in [-0.3, -0.25) is 9.30 Å². The Morgan fingerprint density at radius 3 is 3.00 bits per heavy atom. The Bertz CT molecular complexity index is 620. The van der Waals surface area contributed by atoms with Gasteiger partial charge in [0.05, 0.1) is 11.7 Å². The van der Waals surface area contributed by atoms with Gasteiger partial charge >= 0.3 is 5.97 Å². The Morgan fingerprint density at radius 2 is 2.26 bits per heavy atom. The normalized spacial score (nSPS) is 20.8. The summed E-state index contributed by atoms with van der Waals surface area (Å²) in [5, 5.41) is 9.20. The molecule has 1 N–H and O–H groups in total. The fourth-order valence-electron chi connectivity index (χ4n) is 2.81. The molecule has 0 spiro atoms. The van der Waals surface area contributed by atoms with Gasteiger partial charge in [-0.25, -0.2) is 9.78 Å². The first-order chi connectivity index (χ1) is 9.16. The molecule has 1 saturated heterocycles. The number of hydrogen-bond acceptors (Lipinski definition) is 3. The molecule has 2 aromatic rings. The molecule has 0 bridgehead atoms. The van der Waals surface area contributed by atoms with Crippen molar-refractivity contribution in [2.45, 2.75) is 25.3 Å². The van der Waals surface area contributed by atoms with E-state index in [2.05, 4.69) is 16.9 Å². The van der Waals surface area contributed by atoms with E-state index in [-0.39, 0.29) is 5.69 Å². The van der Waals surface area contributed by atoms with Crippen LogP contribution in [0.25, 0.3) is 5.65 Å². The average molecular weight is 259 g/mol. The van der Waals surface area contributed by atoms with Crippen LogP contribution in [0.3, 0.4) is 0 Å². The van der Waals surface area contributed by atoms with E-state index in [1.807, 2.05) is 12.3 Å². The van der Waals surface area contributed by atoms with E-state index in [0.29, 0.717) is 11.7 Å². The third kappa shape index (κ3) is 2.10. The molecule has 1 aliphatic heterocycles. The van der Waals surface area contributed by atoms with Gasteiger partial charge in [0.15, 0.2) is 0 Å². The number of likely N-dealkylation sites (tertiary alicyclic amines) is 1. The van der Waals surface area contributed by atoms with Crippen LogP contribution in [-0.2, 0) is 0 Å². The number of carbonyl (C=O) groups is 1. The zero-order valence-corrected chi connectivity index (χ0v) is 10.9. The molecule has 1 fully saturated rings. The van der Waals surface area contributed by atoms with Gasteiger partial charge < -0.3 is 5.11 Å². The molecule has 0 aliphatic carbocycles. The maximum Gasteiger partial charge on any atom is 0.352 e. The van der Waals surface area contributed by atoms with E-state index >= 15 is 0 Å². The van der Waals surface area contributed by atoms with Gasteiger partial charge in [0, 0.05) is 6.20 Å². The van der Waals surface area contributed by atoms with Crippen LogP contribution in [-0.4, -0.2) is 39.0 Å². The van der Waals surface area contributed by atoms with Crippen molar-refractivity contribution in [1.82, 2.24) is 14.3 Å². The monoisotopic (exact) mass is 259 g/mol. The summed E-state index contributed by atoms with van der Waals surface area (Å²) in [5.74, 6) is -0.924. The Kier molecular flexibility index (Phi) is 2.98. The second kappa shape index (κ2) is 4.66. The second-order valence-electron chi connectivity index (χ2n) is 5.10. The number of fused-ring (bicyclic) bond motifs is 1. The summed E-state index contributed by atoms with van der Waals surface area (Å²) in [7, 11) is 2.10. The third-order valence-electron chi connectivity index (χ3n) is 3.84. The zero-order chi connectivity index (χ0) is 13.4. The molecule has 5 nitrogen and oxygen atoms in total. The minimum atomic E-state index is -0.924. The molecule has 100 valence electrons. The Balaban J connectivity index is 2.06. The van der Waals surface area contributed by atoms with Gasteiger partial charge in [0.25, 0.3) is 0 Å². The van der Waals surface area contributed by atoms with E-state index in [4.69, 9.17) is 0 Å². The number of aromatic carboxylic acids is 1. The lowest BCUT2D eigenvalue weighted by Crippen LogP contribution is -2.29. The predicted molar refractivity (Wildman–Crippen MR) is 71.4 cm³/mol. The van der Waals surface area contributed by atoms with Crippen LogP contribution in [0.2, 0.25) is 0 Å². The lowest BCUT2D eigenvalue weighted by atomic mass is 10.0. The third-order valence-corrected chi connectivity index (χ3v) is 3.84. The quantitative estimate of drug-likeness (QED) is 0.898. The van der Waals surface area contributed by atoms with E-state index in [1.54, 1.807) is 16.5 Å². The molecule has 0 aromatic carbocycles. The number of imidazole rings is 1. The van der Waals surface area contributed by atoms with Crippen molar-refractivity contribution in [2.24, 2.45) is 0 Å². The summed E-state index contributed by atoms with van der Waals surface area (Å²) >= 11 is 0. The predicted octanol–water partition coefficient (Wildman–Crippen LogP) is 2.19. The average Bonchev–Trinajstić information content (AvgIpc) is 2.82. The van der Waals surface area contributed by atoms with Gasteiger partial charge in [-0.15, -0.1) is 0 Å². The Hall–Kier alpha value is -1.88. The van der Waals surface area contributed by atoms with E-state index in [9.17, 15) is 9.90 Å². The standard InChI is InChI=1S/C14H17N3O2/c1-16-8-3-2-5-11(16)10-9-17-12(14(18)19)6-4-7-13(17)15-10/h4,6-7,9,11H,2-3,5,8H2,1H3,(H,18,19). The molecular weight excluding hydrogens is 242 g/mol. The summed E-state index contributed by atoms with van der Waals surface area (Å²) < 4.78 is 1.67. The molecule has 2 aromatic heterocycles. The molecule has 1 atom stereocenters. The number of nitrogens with zero attached hydrogens (tertiary/aromatic N) is 3. The maximum atomic E-state index is 11.2. The SMILES string of the molecule is CN1CCCCC1c1cn2c(C(=O)O)cccc2n1. The summed E-state index contributed by atoms with van der Waals surface area (Å²) in [6.07, 6.45) is 5.38. The first kappa shape index (κ1) is 12.2. The van der Waals surface area contributed by atoms with Crippen molar-refractivity contribution in [3.05, 3.63) is 35.8 Å². The summed E-state index contributed by atoms with van der Waals surface area (Å²) in [4.78, 5) is 18.1. The molecule has 5 heteroatoms. The molecular formula is C14H17N3O2. The highest BCUT2D eigenvalue weighted by Crippen LogP contribution is 2.29. The van der Waals surface area contributed by atoms with Crippen LogP contribution in [0.4, 0.5) is 0 Å². The maximum absolute atomic E-state index is 11.2. The number of pyridine rings is 1. The highest BCUT2D eigenvalue weighted by molar-refractivity contribution is 5.86. The molecule has 0 saturated carbocycles. The molecule has 1 unspecified atom stereocenters. The van der Waals surface area contributed by atoms with Gasteiger partial charge in [-0.05, 0) is 38.6 Å². The molecule has 0 amide bonds. The Labute approximate surface area is 111 Å². The van der Waals surface area contributed by atoms with Gasteiger partial charge in [0.1, 0.15) is 11.3 Å². The molecule has 0 radical (unpaired) electrons. The van der Waals surface area contributed by atoms with E-state index in [1.165, 1.54) is 12.8 Å². The largest absolute Gasteiger partial charge is 0.477 e. The smallest absolute Gasteiger partial charge is 0.352 e. The van der Waals surface area contributed by atoms with Crippen molar-refractivity contribution < 1.29 is 9.90 Å². The minimum absolute atomic E-state index is 0.259. The van der Waals surface area contributed by atoms with Crippen LogP contribution >= 0.6 is 0 Å². The highest BCUT2D eigenvalue weighted by atomic mass is 16.4. The fraction of sp³-hybridized carbons (Fsp3) is 0.429. The van der Waals surface area contributed by atoms with E-state index in [0.717, 1.165) is 18.7 Å². The van der Waals surface area contributed by atoms with Crippen molar-refractivity contribution >= 4 is 11.6 Å². The number of piperidine rings is 1. The van der Waals surface area contributed by atoms with Gasteiger partial charge in [0.2, 0.25) is 0 Å². The summed E-state index contributed by atoms with van der Waals surface area (Å²) in [6.45, 7) is 1.07. The van der Waals surface area contributed by atoms with Crippen molar-refractivity contribution in [2.75, 3.05) is 13.6 Å². The lowest BCUT2D eigenvalue weighted by Gasteiger charge is -2.31.